The first-order valence-corrected chi connectivity index (χ1v) is 8.35. The zero-order valence-electron chi connectivity index (χ0n) is 13.7. The van der Waals surface area contributed by atoms with E-state index in [1.807, 2.05) is 19.1 Å². The summed E-state index contributed by atoms with van der Waals surface area (Å²) in [4.78, 5) is 15.5. The summed E-state index contributed by atoms with van der Waals surface area (Å²) in [6.45, 7) is 1.93. The summed E-state index contributed by atoms with van der Waals surface area (Å²) in [5.74, 6) is 0.295. The average molecular weight is 359 g/mol. The molecule has 1 amide bonds. The second-order valence-corrected chi connectivity index (χ2v) is 6.17. The van der Waals surface area contributed by atoms with E-state index in [0.717, 1.165) is 18.6 Å². The minimum absolute atomic E-state index is 0.0391. The molecule has 2 aromatic heterocycles. The van der Waals surface area contributed by atoms with E-state index in [1.165, 1.54) is 12.1 Å². The quantitative estimate of drug-likeness (QED) is 0.654. The van der Waals surface area contributed by atoms with Crippen LogP contribution in [0.5, 0.6) is 0 Å². The van der Waals surface area contributed by atoms with Crippen LogP contribution in [0.15, 0.2) is 53.3 Å². The number of hydrogen-bond acceptors (Lipinski definition) is 3. The number of imidazole rings is 1. The number of carbonyl (C=O) groups excluding carboxylic acids is 1. The molecule has 0 unspecified atom stereocenters. The number of nitrogens with one attached hydrogen (secondary N) is 2. The van der Waals surface area contributed by atoms with Gasteiger partial charge in [-0.3, -0.25) is 9.36 Å². The fourth-order valence-corrected chi connectivity index (χ4v) is 2.83. The third-order valence-corrected chi connectivity index (χ3v) is 4.18. The lowest BCUT2D eigenvalue weighted by Crippen LogP contribution is -2.34. The normalized spacial score (nSPS) is 12.1. The first-order chi connectivity index (χ1) is 12.0. The number of furan rings is 1. The molecule has 0 fully saturated rings. The summed E-state index contributed by atoms with van der Waals surface area (Å²) < 4.78 is 20.4. The molecule has 2 heterocycles. The van der Waals surface area contributed by atoms with Crippen LogP contribution < -0.4 is 5.32 Å². The van der Waals surface area contributed by atoms with Gasteiger partial charge < -0.3 is 14.7 Å². The van der Waals surface area contributed by atoms with Gasteiger partial charge in [-0.25, -0.2) is 4.39 Å². The summed E-state index contributed by atoms with van der Waals surface area (Å²) >= 11 is 5.25. The maximum absolute atomic E-state index is 13.1. The van der Waals surface area contributed by atoms with Gasteiger partial charge in [-0.15, -0.1) is 0 Å². The van der Waals surface area contributed by atoms with Gasteiger partial charge in [-0.2, -0.15) is 0 Å². The number of amides is 1. The molecule has 7 heteroatoms. The molecule has 25 heavy (non-hydrogen) atoms. The summed E-state index contributed by atoms with van der Waals surface area (Å²) in [5.41, 5.74) is 1.00. The number of rotatable bonds is 6. The Bertz CT molecular complexity index is 897. The largest absolute Gasteiger partial charge is 0.469 e. The molecule has 5 nitrogen and oxygen atoms in total. The van der Waals surface area contributed by atoms with E-state index in [9.17, 15) is 9.18 Å². The Kier molecular flexibility index (Phi) is 5.14. The first kappa shape index (κ1) is 17.2. The fraction of sp³-hybridized carbons (Fsp3) is 0.222. The number of halogens is 1. The second kappa shape index (κ2) is 7.48. The van der Waals surface area contributed by atoms with Crippen molar-refractivity contribution in [2.45, 2.75) is 25.8 Å². The van der Waals surface area contributed by atoms with Crippen molar-refractivity contribution in [2.75, 3.05) is 0 Å². The molecule has 3 rings (SSSR count). The minimum atomic E-state index is -0.344. The maximum atomic E-state index is 13.1. The standard InChI is InChI=1S/C18H18FN3O2S/c1-12(4-9-15-3-2-10-24-15)21-17(23)16-11-20-18(25)22(16)14-7-5-13(19)6-8-14/h2-3,5-8,10-12H,4,9H2,1H3,(H,20,25)(H,21,23)/t12-/m0/s1. The molecule has 130 valence electrons. The second-order valence-electron chi connectivity index (χ2n) is 5.78. The van der Waals surface area contributed by atoms with E-state index < -0.39 is 0 Å². The van der Waals surface area contributed by atoms with E-state index >= 15 is 0 Å². The monoisotopic (exact) mass is 359 g/mol. The van der Waals surface area contributed by atoms with Crippen molar-refractivity contribution in [2.24, 2.45) is 0 Å². The third kappa shape index (κ3) is 4.06. The molecule has 0 spiro atoms. The Balaban J connectivity index is 1.72. The van der Waals surface area contributed by atoms with Crippen molar-refractivity contribution in [1.82, 2.24) is 14.9 Å². The zero-order chi connectivity index (χ0) is 17.8. The molecule has 0 aliphatic heterocycles. The Hall–Kier alpha value is -2.67. The van der Waals surface area contributed by atoms with Crippen molar-refractivity contribution in [3.05, 3.63) is 70.9 Å². The van der Waals surface area contributed by atoms with Crippen LogP contribution in [0.4, 0.5) is 4.39 Å². The van der Waals surface area contributed by atoms with Gasteiger partial charge in [0.15, 0.2) is 4.77 Å². The van der Waals surface area contributed by atoms with Crippen molar-refractivity contribution in [3.63, 3.8) is 0 Å². The van der Waals surface area contributed by atoms with Gasteiger partial charge in [0, 0.05) is 24.3 Å². The molecule has 0 saturated carbocycles. The Morgan fingerprint density at radius 1 is 1.36 bits per heavy atom. The van der Waals surface area contributed by atoms with E-state index in [4.69, 9.17) is 16.6 Å². The number of aromatic nitrogens is 2. The Labute approximate surface area is 149 Å². The lowest BCUT2D eigenvalue weighted by molar-refractivity contribution is 0.0931. The Morgan fingerprint density at radius 3 is 2.80 bits per heavy atom. The van der Waals surface area contributed by atoms with Crippen molar-refractivity contribution in [1.29, 1.82) is 0 Å². The highest BCUT2D eigenvalue weighted by Gasteiger charge is 2.16. The van der Waals surface area contributed by atoms with Crippen LogP contribution in [0.2, 0.25) is 0 Å². The molecule has 0 aliphatic rings. The van der Waals surface area contributed by atoms with Crippen molar-refractivity contribution in [3.8, 4) is 5.69 Å². The highest BCUT2D eigenvalue weighted by Crippen LogP contribution is 2.14. The van der Waals surface area contributed by atoms with E-state index in [-0.39, 0.29) is 17.8 Å². The van der Waals surface area contributed by atoms with Crippen LogP contribution >= 0.6 is 12.2 Å². The predicted octanol–water partition coefficient (Wildman–Crippen LogP) is 4.02. The number of hydrogen-bond donors (Lipinski definition) is 2. The van der Waals surface area contributed by atoms with Crippen LogP contribution in [-0.4, -0.2) is 21.5 Å². The fourth-order valence-electron chi connectivity index (χ4n) is 2.57. The van der Waals surface area contributed by atoms with Gasteiger partial charge in [0.1, 0.15) is 17.3 Å². The number of nitrogens with zero attached hydrogens (tertiary/aromatic N) is 1. The zero-order valence-corrected chi connectivity index (χ0v) is 14.5. The van der Waals surface area contributed by atoms with E-state index in [0.29, 0.717) is 16.2 Å². The van der Waals surface area contributed by atoms with Crippen LogP contribution in [0.25, 0.3) is 5.69 Å². The minimum Gasteiger partial charge on any atom is -0.469 e. The topological polar surface area (TPSA) is 63.0 Å². The summed E-state index contributed by atoms with van der Waals surface area (Å²) in [6, 6.07) is 9.53. The highest BCUT2D eigenvalue weighted by atomic mass is 32.1. The SMILES string of the molecule is C[C@@H](CCc1ccco1)NC(=O)c1c[nH]c(=S)n1-c1ccc(F)cc1. The Morgan fingerprint density at radius 2 is 2.12 bits per heavy atom. The number of benzene rings is 1. The number of H-pyrrole nitrogens is 1. The number of aryl methyl sites for hydroxylation is 1. The van der Waals surface area contributed by atoms with E-state index in [1.54, 1.807) is 29.2 Å². The molecule has 0 radical (unpaired) electrons. The van der Waals surface area contributed by atoms with E-state index in [2.05, 4.69) is 10.3 Å². The van der Waals surface area contributed by atoms with Gasteiger partial charge in [0.2, 0.25) is 0 Å². The van der Waals surface area contributed by atoms with Crippen LogP contribution in [-0.2, 0) is 6.42 Å². The van der Waals surface area contributed by atoms with Crippen molar-refractivity contribution >= 4 is 18.1 Å². The molecule has 2 N–H and O–H groups in total. The van der Waals surface area contributed by atoms with Gasteiger partial charge in [-0.1, -0.05) is 0 Å². The van der Waals surface area contributed by atoms with Crippen LogP contribution in [0, 0.1) is 10.6 Å². The summed E-state index contributed by atoms with van der Waals surface area (Å²) in [7, 11) is 0. The lowest BCUT2D eigenvalue weighted by Gasteiger charge is -2.14. The number of carbonyl (C=O) groups is 1. The van der Waals surface area contributed by atoms with Gasteiger partial charge in [0.05, 0.1) is 6.26 Å². The molecule has 0 bridgehead atoms. The predicted molar refractivity (Wildman–Crippen MR) is 94.9 cm³/mol. The summed E-state index contributed by atoms with van der Waals surface area (Å²) in [5, 5.41) is 2.95. The first-order valence-electron chi connectivity index (χ1n) is 7.94. The lowest BCUT2D eigenvalue weighted by atomic mass is 10.1. The van der Waals surface area contributed by atoms with Crippen LogP contribution in [0.1, 0.15) is 29.6 Å². The van der Waals surface area contributed by atoms with Gasteiger partial charge in [-0.05, 0) is 62.0 Å². The third-order valence-electron chi connectivity index (χ3n) is 3.88. The van der Waals surface area contributed by atoms with Gasteiger partial charge in [0.25, 0.3) is 5.91 Å². The molecular weight excluding hydrogens is 341 g/mol. The average Bonchev–Trinajstić information content (AvgIpc) is 3.23. The molecule has 3 aromatic rings. The molecule has 1 aromatic carbocycles. The molecule has 0 aliphatic carbocycles. The summed E-state index contributed by atoms with van der Waals surface area (Å²) in [6.07, 6.45) is 4.68. The smallest absolute Gasteiger partial charge is 0.270 e. The number of aromatic amines is 1. The van der Waals surface area contributed by atoms with Crippen molar-refractivity contribution < 1.29 is 13.6 Å². The molecule has 0 saturated heterocycles. The highest BCUT2D eigenvalue weighted by molar-refractivity contribution is 7.71. The van der Waals surface area contributed by atoms with Crippen LogP contribution in [0.3, 0.4) is 0 Å². The van der Waals surface area contributed by atoms with Gasteiger partial charge >= 0.3 is 0 Å². The molecular formula is C18H18FN3O2S. The molecule has 1 atom stereocenters. The maximum Gasteiger partial charge on any atom is 0.270 e.